The van der Waals surface area contributed by atoms with Gasteiger partial charge in [-0.2, -0.15) is 0 Å². The predicted octanol–water partition coefficient (Wildman–Crippen LogP) is 2.30. The van der Waals surface area contributed by atoms with Crippen molar-refractivity contribution in [2.24, 2.45) is 0 Å². The van der Waals surface area contributed by atoms with E-state index in [1.54, 1.807) is 0 Å². The van der Waals surface area contributed by atoms with Crippen LogP contribution < -0.4 is 25.5 Å². The fraction of sp³-hybridized carbons (Fsp3) is 0.250. The summed E-state index contributed by atoms with van der Waals surface area (Å²) in [6.07, 6.45) is -0.476. The van der Waals surface area contributed by atoms with Gasteiger partial charge in [-0.05, 0) is 36.4 Å². The highest BCUT2D eigenvalue weighted by Crippen LogP contribution is 2.35. The van der Waals surface area contributed by atoms with Crippen molar-refractivity contribution in [3.05, 3.63) is 54.4 Å². The molecule has 3 N–H and O–H groups in total. The summed E-state index contributed by atoms with van der Waals surface area (Å²) in [6.45, 7) is 0.278. The van der Waals surface area contributed by atoms with Gasteiger partial charge >= 0.3 is 0 Å². The lowest BCUT2D eigenvalue weighted by atomic mass is 10.2. The first-order valence-corrected chi connectivity index (χ1v) is 10.3. The Kier molecular flexibility index (Phi) is 5.66. The normalized spacial score (nSPS) is 14.9. The van der Waals surface area contributed by atoms with Crippen LogP contribution in [0, 0.1) is 0 Å². The van der Waals surface area contributed by atoms with Crippen LogP contribution in [-0.2, 0) is 4.79 Å². The Morgan fingerprint density at radius 2 is 1.93 bits per heavy atom. The molecule has 0 saturated carbocycles. The zero-order valence-electron chi connectivity index (χ0n) is 16.6. The summed E-state index contributed by atoms with van der Waals surface area (Å²) in [5, 5.41) is 11.5. The van der Waals surface area contributed by atoms with E-state index in [2.05, 4.69) is 15.5 Å². The van der Waals surface area contributed by atoms with E-state index in [9.17, 15) is 4.79 Å². The van der Waals surface area contributed by atoms with Crippen LogP contribution in [0.2, 0.25) is 0 Å². The number of thioether (sulfide) groups is 1. The topological polar surface area (TPSA) is 108 Å². The minimum atomic E-state index is -0.476. The third-order valence-corrected chi connectivity index (χ3v) is 5.43. The first-order valence-electron chi connectivity index (χ1n) is 9.30. The van der Waals surface area contributed by atoms with Crippen LogP contribution in [0.4, 0.5) is 11.4 Å². The lowest BCUT2D eigenvalue weighted by molar-refractivity contribution is -0.113. The number of para-hydroxylation sites is 2. The van der Waals surface area contributed by atoms with Crippen molar-refractivity contribution >= 4 is 29.0 Å². The summed E-state index contributed by atoms with van der Waals surface area (Å²) in [4.78, 5) is 14.3. The molecular weight excluding hydrogens is 404 g/mol. The number of anilines is 2. The fourth-order valence-electron chi connectivity index (χ4n) is 2.92. The Morgan fingerprint density at radius 1 is 1.20 bits per heavy atom. The molecule has 1 atom stereocenters. The summed E-state index contributed by atoms with van der Waals surface area (Å²) in [7, 11) is 3.93. The maximum absolute atomic E-state index is 12.3. The molecular formula is C20H22N6O3S. The highest BCUT2D eigenvalue weighted by molar-refractivity contribution is 7.99. The Balaban J connectivity index is 1.35. The third kappa shape index (κ3) is 4.28. The molecule has 1 aliphatic rings. The number of hydrogen-bond donors (Lipinski definition) is 2. The molecule has 4 rings (SSSR count). The van der Waals surface area contributed by atoms with Gasteiger partial charge in [-0.3, -0.25) is 4.79 Å². The summed E-state index contributed by atoms with van der Waals surface area (Å²) in [6, 6.07) is 15.0. The first-order chi connectivity index (χ1) is 14.5. The summed E-state index contributed by atoms with van der Waals surface area (Å²) in [5.41, 5.74) is 1.79. The van der Waals surface area contributed by atoms with E-state index in [4.69, 9.17) is 15.3 Å². The maximum atomic E-state index is 12.3. The highest BCUT2D eigenvalue weighted by Gasteiger charge is 2.28. The Bertz CT molecular complexity index is 1040. The smallest absolute Gasteiger partial charge is 0.234 e. The molecule has 30 heavy (non-hydrogen) atoms. The van der Waals surface area contributed by atoms with Crippen molar-refractivity contribution in [2.75, 3.05) is 42.5 Å². The lowest BCUT2D eigenvalue weighted by Gasteiger charge is -2.25. The summed E-state index contributed by atoms with van der Waals surface area (Å²) < 4.78 is 13.0. The van der Waals surface area contributed by atoms with E-state index in [1.165, 1.54) is 16.4 Å². The molecule has 0 unspecified atom stereocenters. The van der Waals surface area contributed by atoms with E-state index in [0.29, 0.717) is 22.5 Å². The van der Waals surface area contributed by atoms with Gasteiger partial charge in [0.25, 0.3) is 0 Å². The van der Waals surface area contributed by atoms with E-state index < -0.39 is 6.10 Å². The predicted molar refractivity (Wildman–Crippen MR) is 116 cm³/mol. The molecule has 1 aromatic heterocycles. The van der Waals surface area contributed by atoms with Crippen LogP contribution in [0.1, 0.15) is 11.9 Å². The molecule has 2 heterocycles. The van der Waals surface area contributed by atoms with Crippen molar-refractivity contribution in [3.8, 4) is 11.5 Å². The largest absolute Gasteiger partial charge is 0.485 e. The number of nitrogens with one attached hydrogen (secondary N) is 1. The molecule has 3 aromatic rings. The van der Waals surface area contributed by atoms with Crippen molar-refractivity contribution in [2.45, 2.75) is 11.3 Å². The number of nitrogen functional groups attached to an aromatic ring is 1. The zero-order chi connectivity index (χ0) is 21.1. The summed E-state index contributed by atoms with van der Waals surface area (Å²) >= 11 is 1.20. The van der Waals surface area contributed by atoms with Crippen molar-refractivity contribution in [1.82, 2.24) is 14.9 Å². The molecule has 1 amide bonds. The number of amides is 1. The molecule has 0 aliphatic carbocycles. The number of rotatable bonds is 6. The Hall–Kier alpha value is -3.40. The molecule has 2 aromatic carbocycles. The van der Waals surface area contributed by atoms with Gasteiger partial charge < -0.3 is 25.5 Å². The molecule has 10 heteroatoms. The monoisotopic (exact) mass is 426 g/mol. The van der Waals surface area contributed by atoms with Crippen LogP contribution in [0.25, 0.3) is 0 Å². The van der Waals surface area contributed by atoms with Gasteiger partial charge in [0.1, 0.15) is 6.61 Å². The average molecular weight is 427 g/mol. The van der Waals surface area contributed by atoms with Crippen LogP contribution in [-0.4, -0.2) is 47.2 Å². The van der Waals surface area contributed by atoms with Gasteiger partial charge in [-0.15, -0.1) is 10.2 Å². The Labute approximate surface area is 178 Å². The van der Waals surface area contributed by atoms with Gasteiger partial charge in [-0.25, -0.2) is 4.68 Å². The minimum absolute atomic E-state index is 0.148. The second-order valence-corrected chi connectivity index (χ2v) is 7.80. The van der Waals surface area contributed by atoms with Gasteiger partial charge in [0, 0.05) is 25.5 Å². The Morgan fingerprint density at radius 3 is 2.67 bits per heavy atom. The number of ether oxygens (including phenoxy) is 2. The third-order valence-electron chi connectivity index (χ3n) is 4.49. The number of hydrogen-bond acceptors (Lipinski definition) is 8. The van der Waals surface area contributed by atoms with Gasteiger partial charge in [0.05, 0.1) is 5.75 Å². The average Bonchev–Trinajstić information content (AvgIpc) is 3.12. The lowest BCUT2D eigenvalue weighted by Crippen LogP contribution is -2.27. The van der Waals surface area contributed by atoms with Crippen molar-refractivity contribution in [3.63, 3.8) is 0 Å². The second kappa shape index (κ2) is 8.54. The van der Waals surface area contributed by atoms with E-state index in [0.717, 1.165) is 11.4 Å². The van der Waals surface area contributed by atoms with Crippen LogP contribution in [0.3, 0.4) is 0 Å². The molecule has 0 spiro atoms. The zero-order valence-corrected chi connectivity index (χ0v) is 17.4. The van der Waals surface area contributed by atoms with E-state index in [1.807, 2.05) is 67.5 Å². The standard InChI is InChI=1S/C20H22N6O3S/c1-25(2)14-9-7-13(8-10-14)22-18(27)12-30-20-24-23-19(26(20)21)17-11-28-15-5-3-4-6-16(15)29-17/h3-10,17H,11-12,21H2,1-2H3,(H,22,27)/t17-/m0/s1. The molecule has 0 fully saturated rings. The molecule has 1 aliphatic heterocycles. The minimum Gasteiger partial charge on any atom is -0.485 e. The number of carbonyl (C=O) groups is 1. The molecule has 9 nitrogen and oxygen atoms in total. The molecule has 156 valence electrons. The summed E-state index contributed by atoms with van der Waals surface area (Å²) in [5.74, 6) is 7.88. The fourth-order valence-corrected chi connectivity index (χ4v) is 3.59. The number of carbonyl (C=O) groups excluding carboxylic acids is 1. The number of benzene rings is 2. The van der Waals surface area contributed by atoms with Crippen molar-refractivity contribution < 1.29 is 14.3 Å². The second-order valence-electron chi connectivity index (χ2n) is 6.85. The maximum Gasteiger partial charge on any atom is 0.234 e. The van der Waals surface area contributed by atoms with Crippen LogP contribution in [0.5, 0.6) is 11.5 Å². The number of fused-ring (bicyclic) bond motifs is 1. The quantitative estimate of drug-likeness (QED) is 0.457. The molecule has 0 saturated heterocycles. The van der Waals surface area contributed by atoms with Crippen LogP contribution >= 0.6 is 11.8 Å². The molecule has 0 radical (unpaired) electrons. The van der Waals surface area contributed by atoms with E-state index in [-0.39, 0.29) is 18.3 Å². The van der Waals surface area contributed by atoms with Gasteiger partial charge in [0.2, 0.25) is 11.1 Å². The van der Waals surface area contributed by atoms with Crippen molar-refractivity contribution in [1.29, 1.82) is 0 Å². The van der Waals surface area contributed by atoms with Gasteiger partial charge in [-0.1, -0.05) is 23.9 Å². The van der Waals surface area contributed by atoms with Gasteiger partial charge in [0.15, 0.2) is 23.4 Å². The number of nitrogens with two attached hydrogens (primary N) is 1. The SMILES string of the molecule is CN(C)c1ccc(NC(=O)CSc2nnc([C@@H]3COc4ccccc4O3)n2N)cc1. The number of nitrogens with zero attached hydrogens (tertiary/aromatic N) is 4. The van der Waals surface area contributed by atoms with E-state index >= 15 is 0 Å². The first kappa shape index (κ1) is 19.9. The van der Waals surface area contributed by atoms with Crippen LogP contribution in [0.15, 0.2) is 53.7 Å². The number of aromatic nitrogens is 3. The molecule has 0 bridgehead atoms. The highest BCUT2D eigenvalue weighted by atomic mass is 32.2.